The second-order valence-corrected chi connectivity index (χ2v) is 0.659. The van der Waals surface area contributed by atoms with Gasteiger partial charge in [-0.1, -0.05) is 0 Å². The Kier molecular flexibility index (Phi) is 0.374. The average Bonchev–Trinajstić information content (AvgIpc) is 1.62. The van der Waals surface area contributed by atoms with Gasteiger partial charge in [0.25, 0.3) is 0 Å². The van der Waals surface area contributed by atoms with Crippen LogP contribution in [0, 0.1) is 11.5 Å². The number of hydrogen-bond acceptors (Lipinski definition) is 2. The third-order valence-electron chi connectivity index (χ3n) is 0.150. The minimum absolute atomic E-state index is 0.618. The topological polar surface area (TPSA) is 27.0 Å². The summed E-state index contributed by atoms with van der Waals surface area (Å²) in [6.07, 6.45) is 1.48. The molecule has 2 heteroatoms. The highest BCUT2D eigenvalue weighted by molar-refractivity contribution is 4.60. The van der Waals surface area contributed by atoms with E-state index >= 15 is 0 Å². The Morgan fingerprint density at radius 3 is 2.80 bits per heavy atom. The summed E-state index contributed by atoms with van der Waals surface area (Å²) in [7, 11) is 1.22. The molecular formula is C3H6N2. The first kappa shape index (κ1) is 1.17. The smallest absolute Gasteiger partial charge is 0.178 e. The second kappa shape index (κ2) is 1.59. The lowest BCUT2D eigenvalue weighted by atomic mass is 11.0. The van der Waals surface area contributed by atoms with Gasteiger partial charge in [0.1, 0.15) is 0 Å². The van der Waals surface area contributed by atoms with Crippen molar-refractivity contribution in [3.63, 3.8) is 0 Å². The first-order valence-electron chi connectivity index (χ1n) is 2.62. The van der Waals surface area contributed by atoms with Crippen molar-refractivity contribution in [2.75, 3.05) is 14.0 Å². The molecular weight excluding hydrogens is 64.0 g/mol. The Labute approximate surface area is 35.8 Å². The van der Waals surface area contributed by atoms with Gasteiger partial charge in [-0.3, -0.25) is 0 Å². The van der Waals surface area contributed by atoms with E-state index in [1.165, 1.54) is 13.2 Å². The largest absolute Gasteiger partial charge is 0.317 e. The van der Waals surface area contributed by atoms with Crippen molar-refractivity contribution in [2.45, 2.75) is 0 Å². The van der Waals surface area contributed by atoms with Crippen LogP contribution in [0.3, 0.4) is 0 Å². The summed E-state index contributed by atoms with van der Waals surface area (Å²) < 4.78 is 19.7. The van der Waals surface area contributed by atoms with Gasteiger partial charge < -0.3 is 4.90 Å². The Bertz CT molecular complexity index is 111. The number of nitrogens with zero attached hydrogens (tertiary/aromatic N) is 2. The molecule has 0 aliphatic carbocycles. The number of nitriles is 1. The molecule has 0 aromatic rings. The summed E-state index contributed by atoms with van der Waals surface area (Å²) in [6.45, 7) is -2.27. The lowest BCUT2D eigenvalue weighted by Gasteiger charge is -1.89. The van der Waals surface area contributed by atoms with E-state index in [1.807, 2.05) is 0 Å². The van der Waals surface area contributed by atoms with Crippen LogP contribution in [-0.2, 0) is 0 Å². The highest BCUT2D eigenvalue weighted by atomic mass is 15.0. The van der Waals surface area contributed by atoms with Crippen LogP contribution in [0.5, 0.6) is 0 Å². The molecule has 0 spiro atoms. The molecule has 5 heavy (non-hydrogen) atoms. The fourth-order valence-electron chi connectivity index (χ4n) is 0. The van der Waals surface area contributed by atoms with Crippen LogP contribution in [-0.4, -0.2) is 18.9 Å². The van der Waals surface area contributed by atoms with E-state index in [9.17, 15) is 0 Å². The third-order valence-corrected chi connectivity index (χ3v) is 0.150. The van der Waals surface area contributed by atoms with E-state index in [4.69, 9.17) is 9.37 Å². The van der Waals surface area contributed by atoms with Gasteiger partial charge in [0.05, 0.1) is 0 Å². The summed E-state index contributed by atoms with van der Waals surface area (Å²) in [4.78, 5) is 0.618. The quantitative estimate of drug-likeness (QED) is 0.299. The summed E-state index contributed by atoms with van der Waals surface area (Å²) >= 11 is 0. The molecule has 0 aliphatic heterocycles. The average molecular weight is 73.1 g/mol. The van der Waals surface area contributed by atoms with Crippen molar-refractivity contribution >= 4 is 0 Å². The van der Waals surface area contributed by atoms with Crippen molar-refractivity contribution in [3.05, 3.63) is 0 Å². The van der Waals surface area contributed by atoms with Crippen molar-refractivity contribution < 1.29 is 4.11 Å². The predicted octanol–water partition coefficient (Wildman–Crippen LogP) is 0.0291. The molecule has 28 valence electrons. The van der Waals surface area contributed by atoms with Gasteiger partial charge in [0.15, 0.2) is 6.19 Å². The van der Waals surface area contributed by atoms with Gasteiger partial charge in [-0.25, -0.2) is 0 Å². The maximum Gasteiger partial charge on any atom is 0.178 e. The molecule has 0 amide bonds. The SMILES string of the molecule is [2H]C([2H])([2H])N(C)C#N. The molecule has 0 aromatic carbocycles. The molecule has 0 aromatic heterocycles. The van der Waals surface area contributed by atoms with E-state index in [0.29, 0.717) is 4.90 Å². The molecule has 0 aliphatic rings. The zero-order chi connectivity index (χ0) is 6.78. The zero-order valence-electron chi connectivity index (χ0n) is 5.89. The lowest BCUT2D eigenvalue weighted by Crippen LogP contribution is -1.99. The summed E-state index contributed by atoms with van der Waals surface area (Å²) in [6, 6.07) is 0. The van der Waals surface area contributed by atoms with Crippen LogP contribution in [0.1, 0.15) is 4.11 Å². The molecule has 0 saturated heterocycles. The second-order valence-electron chi connectivity index (χ2n) is 0.659. The standard InChI is InChI=1S/C3H6N2/c1-5(2)3-4/h1-2H3/i1D3. The highest BCUT2D eigenvalue weighted by Gasteiger charge is 1.67. The number of rotatable bonds is 0. The van der Waals surface area contributed by atoms with Crippen molar-refractivity contribution in [1.82, 2.24) is 4.90 Å². The van der Waals surface area contributed by atoms with Gasteiger partial charge in [-0.05, 0) is 0 Å². The van der Waals surface area contributed by atoms with E-state index in [-0.39, 0.29) is 0 Å². The summed E-state index contributed by atoms with van der Waals surface area (Å²) in [5.41, 5.74) is 0. The molecule has 0 rings (SSSR count). The first-order chi connectivity index (χ1) is 3.48. The van der Waals surface area contributed by atoms with Crippen LogP contribution in [0.4, 0.5) is 0 Å². The molecule has 2 nitrogen and oxygen atoms in total. The van der Waals surface area contributed by atoms with E-state index in [0.717, 1.165) is 0 Å². The maximum absolute atomic E-state index is 7.99. The van der Waals surface area contributed by atoms with Crippen LogP contribution in [0.15, 0.2) is 0 Å². The minimum atomic E-state index is -2.27. The van der Waals surface area contributed by atoms with Gasteiger partial charge >= 0.3 is 0 Å². The van der Waals surface area contributed by atoms with E-state index in [2.05, 4.69) is 0 Å². The number of hydrogen-bond donors (Lipinski definition) is 0. The van der Waals surface area contributed by atoms with E-state index in [1.54, 1.807) is 0 Å². The van der Waals surface area contributed by atoms with Crippen LogP contribution >= 0.6 is 0 Å². The van der Waals surface area contributed by atoms with Crippen LogP contribution < -0.4 is 0 Å². The summed E-state index contributed by atoms with van der Waals surface area (Å²) in [5.74, 6) is 0. The molecule has 0 saturated carbocycles. The maximum atomic E-state index is 7.99. The molecule has 0 radical (unpaired) electrons. The lowest BCUT2D eigenvalue weighted by molar-refractivity contribution is 0.585. The molecule has 0 atom stereocenters. The van der Waals surface area contributed by atoms with Crippen molar-refractivity contribution in [1.29, 1.82) is 5.26 Å². The van der Waals surface area contributed by atoms with Gasteiger partial charge in [-0.15, -0.1) is 0 Å². The monoisotopic (exact) mass is 73.1 g/mol. The Balaban J connectivity index is 3.87. The Hall–Kier alpha value is -0.710. The fourth-order valence-corrected chi connectivity index (χ4v) is 0. The Morgan fingerprint density at radius 1 is 2.20 bits per heavy atom. The normalized spacial score (nSPS) is 17.2. The van der Waals surface area contributed by atoms with E-state index < -0.39 is 6.98 Å². The predicted molar refractivity (Wildman–Crippen MR) is 19.3 cm³/mol. The van der Waals surface area contributed by atoms with Crippen molar-refractivity contribution in [3.8, 4) is 6.19 Å². The third kappa shape index (κ3) is 3.29. The molecule has 0 N–H and O–H groups in total. The van der Waals surface area contributed by atoms with Gasteiger partial charge in [0.2, 0.25) is 0 Å². The Morgan fingerprint density at radius 2 is 2.80 bits per heavy atom. The van der Waals surface area contributed by atoms with Crippen LogP contribution in [0.25, 0.3) is 0 Å². The minimum Gasteiger partial charge on any atom is -0.317 e. The highest BCUT2D eigenvalue weighted by Crippen LogP contribution is 1.56. The molecule has 0 fully saturated rings. The molecule has 0 bridgehead atoms. The molecule has 0 heterocycles. The first-order valence-corrected chi connectivity index (χ1v) is 1.12. The van der Waals surface area contributed by atoms with Crippen LogP contribution in [0.2, 0.25) is 0 Å². The zero-order valence-corrected chi connectivity index (χ0v) is 2.89. The van der Waals surface area contributed by atoms with Crippen molar-refractivity contribution in [2.24, 2.45) is 0 Å². The molecule has 0 unspecified atom stereocenters. The summed E-state index contributed by atoms with van der Waals surface area (Å²) in [5, 5.41) is 7.99. The van der Waals surface area contributed by atoms with Gasteiger partial charge in [-0.2, -0.15) is 5.26 Å². The fraction of sp³-hybridized carbons (Fsp3) is 0.667. The van der Waals surface area contributed by atoms with Gasteiger partial charge in [0, 0.05) is 18.1 Å².